The summed E-state index contributed by atoms with van der Waals surface area (Å²) in [6, 6.07) is 11.4. The van der Waals surface area contributed by atoms with Crippen molar-refractivity contribution in [2.75, 3.05) is 26.2 Å². The van der Waals surface area contributed by atoms with E-state index in [0.29, 0.717) is 25.2 Å². The Morgan fingerprint density at radius 1 is 0.857 bits per heavy atom. The number of carbonyl (C=O) groups is 2. The summed E-state index contributed by atoms with van der Waals surface area (Å²) in [5.74, 6) is -0.611. The van der Waals surface area contributed by atoms with Crippen LogP contribution in [-0.4, -0.2) is 47.8 Å². The third-order valence-electron chi connectivity index (χ3n) is 4.73. The molecule has 0 atom stereocenters. The average molecular weight is 391 g/mol. The number of alkyl halides is 3. The molecule has 0 spiro atoms. The second kappa shape index (κ2) is 8.02. The van der Waals surface area contributed by atoms with Crippen molar-refractivity contribution < 1.29 is 22.8 Å². The van der Waals surface area contributed by atoms with Crippen molar-refractivity contribution in [1.29, 1.82) is 0 Å². The molecule has 2 aromatic carbocycles. The molecule has 148 valence electrons. The molecule has 2 N–H and O–H groups in total. The molecule has 0 aromatic heterocycles. The van der Waals surface area contributed by atoms with Gasteiger partial charge in [0.25, 0.3) is 11.8 Å². The van der Waals surface area contributed by atoms with Crippen LogP contribution in [0.1, 0.15) is 31.8 Å². The highest BCUT2D eigenvalue weighted by molar-refractivity contribution is 5.96. The van der Waals surface area contributed by atoms with E-state index < -0.39 is 17.6 Å². The van der Waals surface area contributed by atoms with Crippen molar-refractivity contribution in [3.8, 4) is 0 Å². The van der Waals surface area contributed by atoms with Crippen LogP contribution in [-0.2, 0) is 12.7 Å². The molecule has 0 bridgehead atoms. The molecule has 1 fully saturated rings. The first-order valence-corrected chi connectivity index (χ1v) is 8.84. The number of piperazine rings is 1. The molecule has 8 heteroatoms. The van der Waals surface area contributed by atoms with Gasteiger partial charge in [0.05, 0.1) is 5.56 Å². The fourth-order valence-electron chi connectivity index (χ4n) is 3.09. The molecule has 0 aliphatic carbocycles. The number of rotatable bonds is 3. The highest BCUT2D eigenvalue weighted by Crippen LogP contribution is 2.29. The van der Waals surface area contributed by atoms with E-state index in [2.05, 4.69) is 0 Å². The summed E-state index contributed by atoms with van der Waals surface area (Å²) < 4.78 is 38.5. The van der Waals surface area contributed by atoms with E-state index in [4.69, 9.17) is 5.73 Å². The minimum atomic E-state index is -4.50. The lowest BCUT2D eigenvalue weighted by molar-refractivity contribution is -0.137. The maximum atomic E-state index is 12.8. The third kappa shape index (κ3) is 4.33. The zero-order valence-electron chi connectivity index (χ0n) is 15.1. The molecular weight excluding hydrogens is 371 g/mol. The van der Waals surface area contributed by atoms with Gasteiger partial charge in [-0.05, 0) is 35.9 Å². The quantitative estimate of drug-likeness (QED) is 0.875. The molecule has 0 unspecified atom stereocenters. The predicted octanol–water partition coefficient (Wildman–Crippen LogP) is 2.76. The van der Waals surface area contributed by atoms with Crippen LogP contribution in [0.5, 0.6) is 0 Å². The van der Waals surface area contributed by atoms with Crippen molar-refractivity contribution in [3.05, 3.63) is 70.8 Å². The van der Waals surface area contributed by atoms with Crippen LogP contribution in [0.3, 0.4) is 0 Å². The van der Waals surface area contributed by atoms with Gasteiger partial charge in [0.15, 0.2) is 0 Å². The van der Waals surface area contributed by atoms with Gasteiger partial charge in [-0.1, -0.05) is 18.2 Å². The molecule has 3 rings (SSSR count). The fraction of sp³-hybridized carbons (Fsp3) is 0.300. The van der Waals surface area contributed by atoms with Crippen molar-refractivity contribution in [3.63, 3.8) is 0 Å². The molecule has 0 saturated carbocycles. The Morgan fingerprint density at radius 2 is 1.39 bits per heavy atom. The summed E-state index contributed by atoms with van der Waals surface area (Å²) in [5, 5.41) is 0. The second-order valence-corrected chi connectivity index (χ2v) is 6.56. The molecule has 5 nitrogen and oxygen atoms in total. The molecular formula is C20H20F3N3O2. The number of nitrogens with two attached hydrogens (primary N) is 1. The number of nitrogens with zero attached hydrogens (tertiary/aromatic N) is 2. The van der Waals surface area contributed by atoms with Crippen LogP contribution in [0.4, 0.5) is 13.2 Å². The predicted molar refractivity (Wildman–Crippen MR) is 97.6 cm³/mol. The van der Waals surface area contributed by atoms with Crippen LogP contribution >= 0.6 is 0 Å². The summed E-state index contributed by atoms with van der Waals surface area (Å²) in [6.07, 6.45) is -4.50. The van der Waals surface area contributed by atoms with Gasteiger partial charge in [0, 0.05) is 43.9 Å². The summed E-state index contributed by atoms with van der Waals surface area (Å²) in [5.41, 5.74) is 6.15. The van der Waals surface area contributed by atoms with E-state index in [1.165, 1.54) is 17.0 Å². The molecule has 28 heavy (non-hydrogen) atoms. The van der Waals surface area contributed by atoms with E-state index in [9.17, 15) is 22.8 Å². The Morgan fingerprint density at radius 3 is 1.89 bits per heavy atom. The minimum Gasteiger partial charge on any atom is -0.335 e. The highest BCUT2D eigenvalue weighted by atomic mass is 19.4. The maximum absolute atomic E-state index is 12.8. The molecule has 1 aliphatic rings. The van der Waals surface area contributed by atoms with Gasteiger partial charge in [0.1, 0.15) is 0 Å². The number of hydrogen-bond acceptors (Lipinski definition) is 3. The Hall–Kier alpha value is -2.87. The lowest BCUT2D eigenvalue weighted by atomic mass is 10.1. The van der Waals surface area contributed by atoms with Gasteiger partial charge in [-0.15, -0.1) is 0 Å². The number of benzene rings is 2. The van der Waals surface area contributed by atoms with Gasteiger partial charge in [-0.3, -0.25) is 9.59 Å². The Kier molecular flexibility index (Phi) is 5.69. The van der Waals surface area contributed by atoms with Gasteiger partial charge < -0.3 is 15.5 Å². The maximum Gasteiger partial charge on any atom is 0.416 e. The fourth-order valence-corrected chi connectivity index (χ4v) is 3.09. The third-order valence-corrected chi connectivity index (χ3v) is 4.73. The summed E-state index contributed by atoms with van der Waals surface area (Å²) in [4.78, 5) is 28.2. The number of halogens is 3. The first-order chi connectivity index (χ1) is 13.3. The van der Waals surface area contributed by atoms with Crippen molar-refractivity contribution >= 4 is 11.8 Å². The standard InChI is InChI=1S/C20H20F3N3O2/c21-20(22,23)17-3-1-2-16(12-17)19(28)26-10-8-25(9-11-26)18(27)15-6-4-14(13-24)5-7-15/h1-7,12H,8-11,13,24H2. The van der Waals surface area contributed by atoms with Crippen molar-refractivity contribution in [1.82, 2.24) is 9.80 Å². The van der Waals surface area contributed by atoms with Crippen LogP contribution in [0, 0.1) is 0 Å². The SMILES string of the molecule is NCc1ccc(C(=O)N2CCN(C(=O)c3cccc(C(F)(F)F)c3)CC2)cc1. The molecule has 1 aliphatic heterocycles. The molecule has 0 radical (unpaired) electrons. The number of carbonyl (C=O) groups excluding carboxylic acids is 2. The van der Waals surface area contributed by atoms with E-state index in [0.717, 1.165) is 17.7 Å². The lowest BCUT2D eigenvalue weighted by Gasteiger charge is -2.35. The van der Waals surface area contributed by atoms with Crippen LogP contribution in [0.2, 0.25) is 0 Å². The summed E-state index contributed by atoms with van der Waals surface area (Å²) >= 11 is 0. The Balaban J connectivity index is 1.63. The van der Waals surface area contributed by atoms with E-state index in [-0.39, 0.29) is 24.6 Å². The second-order valence-electron chi connectivity index (χ2n) is 6.56. The Labute approximate surface area is 160 Å². The monoisotopic (exact) mass is 391 g/mol. The number of amides is 2. The van der Waals surface area contributed by atoms with E-state index in [1.54, 1.807) is 29.2 Å². The van der Waals surface area contributed by atoms with Crippen molar-refractivity contribution in [2.24, 2.45) is 5.73 Å². The van der Waals surface area contributed by atoms with Gasteiger partial charge in [-0.2, -0.15) is 13.2 Å². The van der Waals surface area contributed by atoms with Crippen LogP contribution in [0.15, 0.2) is 48.5 Å². The summed E-state index contributed by atoms with van der Waals surface area (Å²) in [7, 11) is 0. The normalized spacial score (nSPS) is 14.9. The molecule has 2 aromatic rings. The Bertz CT molecular complexity index is 858. The zero-order valence-corrected chi connectivity index (χ0v) is 15.1. The first-order valence-electron chi connectivity index (χ1n) is 8.84. The number of hydrogen-bond donors (Lipinski definition) is 1. The van der Waals surface area contributed by atoms with Gasteiger partial charge >= 0.3 is 6.18 Å². The van der Waals surface area contributed by atoms with Crippen LogP contribution in [0.25, 0.3) is 0 Å². The van der Waals surface area contributed by atoms with Gasteiger partial charge in [-0.25, -0.2) is 0 Å². The first kappa shape index (κ1) is 19.9. The largest absolute Gasteiger partial charge is 0.416 e. The zero-order chi connectivity index (χ0) is 20.3. The molecule has 1 heterocycles. The topological polar surface area (TPSA) is 66.6 Å². The minimum absolute atomic E-state index is 0.00743. The highest BCUT2D eigenvalue weighted by Gasteiger charge is 2.32. The van der Waals surface area contributed by atoms with Crippen molar-refractivity contribution in [2.45, 2.75) is 12.7 Å². The van der Waals surface area contributed by atoms with E-state index in [1.807, 2.05) is 0 Å². The molecule has 2 amide bonds. The molecule has 1 saturated heterocycles. The van der Waals surface area contributed by atoms with Crippen LogP contribution < -0.4 is 5.73 Å². The van der Waals surface area contributed by atoms with Gasteiger partial charge in [0.2, 0.25) is 0 Å². The lowest BCUT2D eigenvalue weighted by Crippen LogP contribution is -2.50. The average Bonchev–Trinajstić information content (AvgIpc) is 2.72. The van der Waals surface area contributed by atoms with E-state index >= 15 is 0 Å². The summed E-state index contributed by atoms with van der Waals surface area (Å²) in [6.45, 7) is 1.57. The smallest absolute Gasteiger partial charge is 0.335 e.